The molecule has 0 radical (unpaired) electrons. The number of fused-ring (bicyclic) bond motifs is 1. The Morgan fingerprint density at radius 3 is 2.28 bits per heavy atom. The number of hydrogen-bond donors (Lipinski definition) is 1. The number of benzene rings is 2. The van der Waals surface area contributed by atoms with Gasteiger partial charge < -0.3 is 4.98 Å². The van der Waals surface area contributed by atoms with Crippen molar-refractivity contribution in [3.63, 3.8) is 0 Å². The number of carbonyl (C=O) groups excluding carboxylic acids is 1. The third-order valence-electron chi connectivity index (χ3n) is 3.83. The Bertz CT molecular complexity index is 1040. The standard InChI is InChI=1S/C18H11ClF3NO2/c1-9(24)15-16(10-2-4-11(5-3-10)18(20,21)22)13-8-12(19)6-7-14(13)23-17(15)25/h2-8H,1H3,(H,23,25). The molecule has 0 saturated heterocycles. The number of rotatable bonds is 2. The highest BCUT2D eigenvalue weighted by molar-refractivity contribution is 6.31. The van der Waals surface area contributed by atoms with Gasteiger partial charge in [-0.3, -0.25) is 9.59 Å². The molecule has 25 heavy (non-hydrogen) atoms. The molecule has 0 aliphatic carbocycles. The van der Waals surface area contributed by atoms with Crippen LogP contribution in [0.15, 0.2) is 47.3 Å². The van der Waals surface area contributed by atoms with Crippen molar-refractivity contribution in [2.45, 2.75) is 13.1 Å². The number of hydrogen-bond acceptors (Lipinski definition) is 2. The number of carbonyl (C=O) groups is 1. The highest BCUT2D eigenvalue weighted by Gasteiger charge is 2.30. The minimum atomic E-state index is -4.47. The SMILES string of the molecule is CC(=O)c1c(-c2ccc(C(F)(F)F)cc2)c2cc(Cl)ccc2[nH]c1=O. The number of H-pyrrole nitrogens is 1. The molecule has 1 aromatic heterocycles. The average molecular weight is 366 g/mol. The number of Topliss-reactive ketones (excluding diaryl/α,β-unsaturated/α-hetero) is 1. The summed E-state index contributed by atoms with van der Waals surface area (Å²) in [4.78, 5) is 26.9. The maximum Gasteiger partial charge on any atom is 0.416 e. The molecule has 3 aromatic rings. The van der Waals surface area contributed by atoms with Gasteiger partial charge >= 0.3 is 6.18 Å². The second-order valence-electron chi connectivity index (χ2n) is 5.53. The molecule has 0 atom stereocenters. The van der Waals surface area contributed by atoms with Gasteiger partial charge in [0.25, 0.3) is 5.56 Å². The number of nitrogens with one attached hydrogen (secondary N) is 1. The van der Waals surface area contributed by atoms with Gasteiger partial charge in [0.05, 0.1) is 11.1 Å². The monoisotopic (exact) mass is 365 g/mol. The number of halogens is 4. The van der Waals surface area contributed by atoms with Crippen molar-refractivity contribution in [1.82, 2.24) is 4.98 Å². The van der Waals surface area contributed by atoms with Gasteiger partial charge in [0.2, 0.25) is 0 Å². The Morgan fingerprint density at radius 1 is 1.08 bits per heavy atom. The number of aromatic nitrogens is 1. The number of ketones is 1. The van der Waals surface area contributed by atoms with Crippen LogP contribution in [0.3, 0.4) is 0 Å². The van der Waals surface area contributed by atoms with E-state index in [1.807, 2.05) is 0 Å². The fraction of sp³-hybridized carbons (Fsp3) is 0.111. The second kappa shape index (κ2) is 6.04. The molecule has 0 bridgehead atoms. The molecule has 0 aliphatic rings. The zero-order valence-electron chi connectivity index (χ0n) is 12.9. The summed E-state index contributed by atoms with van der Waals surface area (Å²) in [5.41, 5.74) is -0.493. The molecule has 0 unspecified atom stereocenters. The van der Waals surface area contributed by atoms with Crippen molar-refractivity contribution in [2.24, 2.45) is 0 Å². The maximum atomic E-state index is 12.8. The van der Waals surface area contributed by atoms with Gasteiger partial charge in [0, 0.05) is 21.5 Å². The Morgan fingerprint density at radius 2 is 1.72 bits per heavy atom. The lowest BCUT2D eigenvalue weighted by Gasteiger charge is -2.13. The lowest BCUT2D eigenvalue weighted by Crippen LogP contribution is -2.18. The summed E-state index contributed by atoms with van der Waals surface area (Å²) < 4.78 is 38.3. The number of alkyl halides is 3. The van der Waals surface area contributed by atoms with Crippen LogP contribution in [0.25, 0.3) is 22.0 Å². The lowest BCUT2D eigenvalue weighted by molar-refractivity contribution is -0.137. The molecule has 2 aromatic carbocycles. The summed E-state index contributed by atoms with van der Waals surface area (Å²) in [7, 11) is 0. The summed E-state index contributed by atoms with van der Waals surface area (Å²) in [6, 6.07) is 9.02. The smallest absolute Gasteiger partial charge is 0.321 e. The van der Waals surface area contributed by atoms with E-state index in [1.54, 1.807) is 18.2 Å². The van der Waals surface area contributed by atoms with E-state index >= 15 is 0 Å². The van der Waals surface area contributed by atoms with Crippen molar-refractivity contribution in [3.05, 3.63) is 69.0 Å². The zero-order chi connectivity index (χ0) is 18.4. The van der Waals surface area contributed by atoms with Crippen molar-refractivity contribution < 1.29 is 18.0 Å². The van der Waals surface area contributed by atoms with Crippen molar-refractivity contribution in [3.8, 4) is 11.1 Å². The molecule has 3 nitrogen and oxygen atoms in total. The Kier molecular flexibility index (Phi) is 4.16. The summed E-state index contributed by atoms with van der Waals surface area (Å²) in [5.74, 6) is -0.488. The molecule has 0 saturated carbocycles. The summed E-state index contributed by atoms with van der Waals surface area (Å²) >= 11 is 6.01. The van der Waals surface area contributed by atoms with E-state index in [1.165, 1.54) is 19.1 Å². The first-order chi connectivity index (χ1) is 11.7. The predicted molar refractivity (Wildman–Crippen MR) is 90.0 cm³/mol. The van der Waals surface area contributed by atoms with Gasteiger partial charge in [-0.25, -0.2) is 0 Å². The Hall–Kier alpha value is -2.60. The number of aromatic amines is 1. The Balaban J connectivity index is 2.37. The van der Waals surface area contributed by atoms with Gasteiger partial charge in [-0.2, -0.15) is 13.2 Å². The topological polar surface area (TPSA) is 49.9 Å². The molecule has 0 amide bonds. The van der Waals surface area contributed by atoms with Gasteiger partial charge in [-0.05, 0) is 42.8 Å². The van der Waals surface area contributed by atoms with Crippen LogP contribution >= 0.6 is 11.6 Å². The molecular formula is C18H11ClF3NO2. The van der Waals surface area contributed by atoms with E-state index in [9.17, 15) is 22.8 Å². The van der Waals surface area contributed by atoms with Crippen LogP contribution < -0.4 is 5.56 Å². The minimum Gasteiger partial charge on any atom is -0.321 e. The fourth-order valence-electron chi connectivity index (χ4n) is 2.73. The van der Waals surface area contributed by atoms with Crippen LogP contribution in [-0.4, -0.2) is 10.8 Å². The summed E-state index contributed by atoms with van der Waals surface area (Å²) in [6.45, 7) is 1.23. The van der Waals surface area contributed by atoms with Gasteiger partial charge in [0.15, 0.2) is 5.78 Å². The molecule has 1 heterocycles. The van der Waals surface area contributed by atoms with Crippen LogP contribution in [0, 0.1) is 0 Å². The van der Waals surface area contributed by atoms with Crippen molar-refractivity contribution in [2.75, 3.05) is 0 Å². The van der Waals surface area contributed by atoms with Crippen LogP contribution in [0.4, 0.5) is 13.2 Å². The summed E-state index contributed by atoms with van der Waals surface area (Å²) in [5, 5.41) is 0.860. The number of pyridine rings is 1. The van der Waals surface area contributed by atoms with E-state index < -0.39 is 23.1 Å². The molecule has 0 spiro atoms. The fourth-order valence-corrected chi connectivity index (χ4v) is 2.90. The van der Waals surface area contributed by atoms with Crippen LogP contribution in [0.5, 0.6) is 0 Å². The maximum absolute atomic E-state index is 12.8. The third-order valence-corrected chi connectivity index (χ3v) is 4.06. The van der Waals surface area contributed by atoms with E-state index in [0.29, 0.717) is 21.5 Å². The second-order valence-corrected chi connectivity index (χ2v) is 5.96. The lowest BCUT2D eigenvalue weighted by atomic mass is 9.94. The average Bonchev–Trinajstić information content (AvgIpc) is 2.53. The quantitative estimate of drug-likeness (QED) is 0.644. The largest absolute Gasteiger partial charge is 0.416 e. The summed E-state index contributed by atoms with van der Waals surface area (Å²) in [6.07, 6.45) is -4.47. The van der Waals surface area contributed by atoms with Gasteiger partial charge in [-0.15, -0.1) is 0 Å². The predicted octanol–water partition coefficient (Wildman–Crippen LogP) is 5.07. The first-order valence-corrected chi connectivity index (χ1v) is 7.60. The molecule has 3 rings (SSSR count). The zero-order valence-corrected chi connectivity index (χ0v) is 13.6. The molecule has 7 heteroatoms. The molecule has 128 valence electrons. The van der Waals surface area contributed by atoms with Gasteiger partial charge in [0.1, 0.15) is 0 Å². The van der Waals surface area contributed by atoms with E-state index in [-0.39, 0.29) is 11.1 Å². The Labute approximate surface area is 145 Å². The van der Waals surface area contributed by atoms with Gasteiger partial charge in [-0.1, -0.05) is 23.7 Å². The highest BCUT2D eigenvalue weighted by atomic mass is 35.5. The van der Waals surface area contributed by atoms with E-state index in [2.05, 4.69) is 4.98 Å². The minimum absolute atomic E-state index is 0.116. The van der Waals surface area contributed by atoms with Crippen molar-refractivity contribution in [1.29, 1.82) is 0 Å². The first kappa shape index (κ1) is 17.2. The first-order valence-electron chi connectivity index (χ1n) is 7.22. The van der Waals surface area contributed by atoms with Crippen LogP contribution in [0.1, 0.15) is 22.8 Å². The normalized spacial score (nSPS) is 11.7. The highest BCUT2D eigenvalue weighted by Crippen LogP contribution is 2.34. The van der Waals surface area contributed by atoms with E-state index in [4.69, 9.17) is 11.6 Å². The molecular weight excluding hydrogens is 355 g/mol. The van der Waals surface area contributed by atoms with Crippen molar-refractivity contribution >= 4 is 28.3 Å². The molecule has 1 N–H and O–H groups in total. The molecule has 0 fully saturated rings. The van der Waals surface area contributed by atoms with Crippen LogP contribution in [0.2, 0.25) is 5.02 Å². The molecule has 0 aliphatic heterocycles. The van der Waals surface area contributed by atoms with Crippen LogP contribution in [-0.2, 0) is 6.18 Å². The third kappa shape index (κ3) is 3.17. The van der Waals surface area contributed by atoms with E-state index in [0.717, 1.165) is 12.1 Å².